The molecule has 0 unspecified atom stereocenters. The maximum atomic E-state index is 13.9. The van der Waals surface area contributed by atoms with Crippen molar-refractivity contribution in [2.24, 2.45) is 5.92 Å². The molecule has 1 aromatic heterocycles. The molecule has 0 spiro atoms. The number of rotatable bonds is 5. The summed E-state index contributed by atoms with van der Waals surface area (Å²) in [6.07, 6.45) is 3.52. The summed E-state index contributed by atoms with van der Waals surface area (Å²) < 4.78 is 60.4. The van der Waals surface area contributed by atoms with Gasteiger partial charge in [-0.1, -0.05) is 5.16 Å². The van der Waals surface area contributed by atoms with Gasteiger partial charge in [-0.15, -0.1) is 0 Å². The number of piperidine rings is 1. The molecule has 0 atom stereocenters. The Morgan fingerprint density at radius 1 is 1.09 bits per heavy atom. The highest BCUT2D eigenvalue weighted by atomic mass is 32.2. The van der Waals surface area contributed by atoms with E-state index < -0.39 is 21.7 Å². The van der Waals surface area contributed by atoms with Crippen molar-refractivity contribution in [3.8, 4) is 0 Å². The van der Waals surface area contributed by atoms with Crippen molar-refractivity contribution in [1.82, 2.24) is 19.3 Å². The smallest absolute Gasteiger partial charge is 0.248 e. The molecule has 0 bridgehead atoms. The van der Waals surface area contributed by atoms with Gasteiger partial charge in [-0.25, -0.2) is 17.2 Å². The Balaban J connectivity index is 1.46. The number of aromatic nitrogens is 1. The molecule has 8 nitrogen and oxygen atoms in total. The number of carbonyl (C=O) groups is 1. The second-order valence-electron chi connectivity index (χ2n) is 8.77. The highest BCUT2D eigenvalue weighted by Crippen LogP contribution is 2.30. The van der Waals surface area contributed by atoms with Gasteiger partial charge in [-0.2, -0.15) is 4.31 Å². The molecule has 1 amide bonds. The summed E-state index contributed by atoms with van der Waals surface area (Å²) in [5.41, 5.74) is 0.275. The van der Waals surface area contributed by atoms with E-state index in [4.69, 9.17) is 4.52 Å². The molecule has 0 radical (unpaired) electrons. The number of amides is 1. The van der Waals surface area contributed by atoms with Gasteiger partial charge in [-0.3, -0.25) is 4.79 Å². The summed E-state index contributed by atoms with van der Waals surface area (Å²) in [6, 6.07) is 3.11. The number of hydrogen-bond acceptors (Lipinski definition) is 6. The van der Waals surface area contributed by atoms with Gasteiger partial charge >= 0.3 is 0 Å². The Morgan fingerprint density at radius 3 is 2.41 bits per heavy atom. The van der Waals surface area contributed by atoms with Crippen molar-refractivity contribution in [3.05, 3.63) is 46.9 Å². The third-order valence-corrected chi connectivity index (χ3v) is 8.48. The molecule has 184 valence electrons. The van der Waals surface area contributed by atoms with Crippen molar-refractivity contribution in [1.29, 1.82) is 0 Å². The maximum absolute atomic E-state index is 13.9. The van der Waals surface area contributed by atoms with Gasteiger partial charge in [0.2, 0.25) is 15.9 Å². The fourth-order valence-corrected chi connectivity index (χ4v) is 6.08. The molecular weight excluding hydrogens is 466 g/mol. The summed E-state index contributed by atoms with van der Waals surface area (Å²) in [6.45, 7) is 5.01. The largest absolute Gasteiger partial charge is 0.355 e. The Labute approximate surface area is 197 Å². The minimum absolute atomic E-state index is 0.0307. The van der Waals surface area contributed by atoms with E-state index in [0.717, 1.165) is 25.2 Å². The van der Waals surface area contributed by atoms with Crippen molar-refractivity contribution in [2.75, 3.05) is 46.3 Å². The fraction of sp³-hybridized carbons (Fsp3) is 0.478. The SMILES string of the molecule is Cc1noc(C=Cc2ccc(F)cc2F)c1S(=O)(=O)N1CCC(C(=O)N2CCN(C)CC2)CC1. The lowest BCUT2D eigenvalue weighted by atomic mass is 9.96. The van der Waals surface area contributed by atoms with Crippen LogP contribution in [0, 0.1) is 24.5 Å². The normalized spacial score (nSPS) is 19.2. The molecule has 2 saturated heterocycles. The number of aryl methyl sites for hydroxylation is 1. The molecule has 2 fully saturated rings. The number of likely N-dealkylation sites (N-methyl/N-ethyl adjacent to an activating group) is 1. The van der Waals surface area contributed by atoms with E-state index in [9.17, 15) is 22.0 Å². The second-order valence-corrected chi connectivity index (χ2v) is 10.6. The minimum Gasteiger partial charge on any atom is -0.355 e. The number of carbonyl (C=O) groups excluding carboxylic acids is 1. The van der Waals surface area contributed by atoms with Crippen molar-refractivity contribution < 1.29 is 26.5 Å². The van der Waals surface area contributed by atoms with Gasteiger partial charge in [0.1, 0.15) is 17.3 Å². The molecule has 1 aromatic carbocycles. The van der Waals surface area contributed by atoms with Crippen LogP contribution in [0.15, 0.2) is 27.6 Å². The summed E-state index contributed by atoms with van der Waals surface area (Å²) in [4.78, 5) is 16.8. The van der Waals surface area contributed by atoms with Crippen LogP contribution in [0.4, 0.5) is 8.78 Å². The van der Waals surface area contributed by atoms with Crippen LogP contribution >= 0.6 is 0 Å². The molecule has 2 aromatic rings. The standard InChI is InChI=1S/C23H28F2N4O4S/c1-16-22(21(33-26-16)6-4-17-3-5-19(24)15-20(17)25)34(31,32)29-9-7-18(8-10-29)23(30)28-13-11-27(2)12-14-28/h3-6,15,18H,7-14H2,1-2H3. The first-order chi connectivity index (χ1) is 16.2. The van der Waals surface area contributed by atoms with E-state index in [1.54, 1.807) is 0 Å². The van der Waals surface area contributed by atoms with E-state index in [1.807, 2.05) is 11.9 Å². The van der Waals surface area contributed by atoms with Crippen LogP contribution in [-0.2, 0) is 14.8 Å². The lowest BCUT2D eigenvalue weighted by Gasteiger charge is -2.37. The molecular formula is C23H28F2N4O4S. The summed E-state index contributed by atoms with van der Waals surface area (Å²) >= 11 is 0. The third-order valence-electron chi connectivity index (χ3n) is 6.43. The number of piperazine rings is 1. The van der Waals surface area contributed by atoms with Crippen LogP contribution in [0.3, 0.4) is 0 Å². The Bertz CT molecular complexity index is 1180. The molecule has 3 heterocycles. The summed E-state index contributed by atoms with van der Waals surface area (Å²) in [7, 11) is -1.92. The lowest BCUT2D eigenvalue weighted by Crippen LogP contribution is -2.51. The molecule has 2 aliphatic rings. The molecule has 11 heteroatoms. The third kappa shape index (κ3) is 5.06. The average Bonchev–Trinajstić information content (AvgIpc) is 3.19. The van der Waals surface area contributed by atoms with Crippen molar-refractivity contribution in [3.63, 3.8) is 0 Å². The number of benzene rings is 1. The fourth-order valence-electron chi connectivity index (χ4n) is 4.36. The predicted molar refractivity (Wildman–Crippen MR) is 122 cm³/mol. The van der Waals surface area contributed by atoms with Gasteiger partial charge in [0, 0.05) is 56.8 Å². The van der Waals surface area contributed by atoms with Gasteiger partial charge in [0.05, 0.1) is 0 Å². The number of halogens is 2. The lowest BCUT2D eigenvalue weighted by molar-refractivity contribution is -0.138. The summed E-state index contributed by atoms with van der Waals surface area (Å²) in [5, 5.41) is 3.79. The highest BCUT2D eigenvalue weighted by molar-refractivity contribution is 7.89. The van der Waals surface area contributed by atoms with Crippen LogP contribution in [-0.4, -0.2) is 79.9 Å². The van der Waals surface area contributed by atoms with E-state index in [2.05, 4.69) is 10.1 Å². The molecule has 4 rings (SSSR count). The Hall–Kier alpha value is -2.63. The number of nitrogens with zero attached hydrogens (tertiary/aromatic N) is 4. The van der Waals surface area contributed by atoms with Crippen molar-refractivity contribution >= 4 is 28.1 Å². The molecule has 0 N–H and O–H groups in total. The number of sulfonamides is 1. The quantitative estimate of drug-likeness (QED) is 0.635. The van der Waals surface area contributed by atoms with Crippen LogP contribution in [0.2, 0.25) is 0 Å². The zero-order valence-electron chi connectivity index (χ0n) is 19.2. The first-order valence-electron chi connectivity index (χ1n) is 11.2. The predicted octanol–water partition coefficient (Wildman–Crippen LogP) is 2.61. The number of hydrogen-bond donors (Lipinski definition) is 0. The molecule has 2 aliphatic heterocycles. The molecule has 0 aliphatic carbocycles. The van der Waals surface area contributed by atoms with Gasteiger partial charge in [0.15, 0.2) is 10.7 Å². The highest BCUT2D eigenvalue weighted by Gasteiger charge is 2.37. The second kappa shape index (κ2) is 9.93. The minimum atomic E-state index is -3.94. The average molecular weight is 495 g/mol. The van der Waals surface area contributed by atoms with E-state index in [1.165, 1.54) is 29.4 Å². The zero-order valence-corrected chi connectivity index (χ0v) is 20.0. The monoisotopic (exact) mass is 494 g/mol. The molecule has 0 saturated carbocycles. The van der Waals surface area contributed by atoms with Crippen LogP contribution in [0.5, 0.6) is 0 Å². The van der Waals surface area contributed by atoms with Crippen molar-refractivity contribution in [2.45, 2.75) is 24.7 Å². The summed E-state index contributed by atoms with van der Waals surface area (Å²) in [5.74, 6) is -1.61. The molecule has 34 heavy (non-hydrogen) atoms. The van der Waals surface area contributed by atoms with Gasteiger partial charge in [0.25, 0.3) is 0 Å². The van der Waals surface area contributed by atoms with Gasteiger partial charge in [-0.05, 0) is 51.1 Å². The zero-order chi connectivity index (χ0) is 24.5. The van der Waals surface area contributed by atoms with E-state index in [0.29, 0.717) is 25.9 Å². The van der Waals surface area contributed by atoms with Crippen LogP contribution in [0.25, 0.3) is 12.2 Å². The Morgan fingerprint density at radius 2 is 1.76 bits per heavy atom. The van der Waals surface area contributed by atoms with Gasteiger partial charge < -0.3 is 14.3 Å². The van der Waals surface area contributed by atoms with Crippen LogP contribution in [0.1, 0.15) is 29.9 Å². The topological polar surface area (TPSA) is 87.0 Å². The Kier molecular flexibility index (Phi) is 7.15. The first kappa shape index (κ1) is 24.5. The van der Waals surface area contributed by atoms with E-state index in [-0.39, 0.29) is 46.8 Å². The van der Waals surface area contributed by atoms with E-state index >= 15 is 0 Å². The van der Waals surface area contributed by atoms with Crippen LogP contribution < -0.4 is 0 Å². The first-order valence-corrected chi connectivity index (χ1v) is 12.7. The maximum Gasteiger partial charge on any atom is 0.248 e.